The number of nitriles is 1. The number of halogens is 7. The number of fused-ring (bicyclic) bond motifs is 3. The summed E-state index contributed by atoms with van der Waals surface area (Å²) in [4.78, 5) is 10.2. The predicted molar refractivity (Wildman–Crippen MR) is 155 cm³/mol. The van der Waals surface area contributed by atoms with Crippen LogP contribution in [-0.4, -0.2) is 71.6 Å². The third-order valence-corrected chi connectivity index (χ3v) is 9.99. The van der Waals surface area contributed by atoms with Gasteiger partial charge >= 0.3 is 12.2 Å². The topological polar surface area (TPSA) is 109 Å². The number of nitrogens with one attached hydrogen (secondary N) is 1. The second-order valence-electron chi connectivity index (χ2n) is 11.8. The van der Waals surface area contributed by atoms with Crippen molar-refractivity contribution in [2.45, 2.75) is 49.4 Å². The minimum atomic E-state index is -5.17. The largest absolute Gasteiger partial charge is 0.469 e. The molecule has 0 bridgehead atoms. The molecule has 4 aromatic rings. The molecule has 0 saturated carbocycles. The number of anilines is 1. The first-order valence-corrected chi connectivity index (χ1v) is 15.3. The van der Waals surface area contributed by atoms with Crippen LogP contribution in [0.3, 0.4) is 0 Å². The van der Waals surface area contributed by atoms with Crippen LogP contribution in [0.4, 0.5) is 35.7 Å². The first kappa shape index (κ1) is 30.7. The van der Waals surface area contributed by atoms with E-state index in [2.05, 4.69) is 15.3 Å². The van der Waals surface area contributed by atoms with E-state index in [0.717, 1.165) is 18.6 Å². The van der Waals surface area contributed by atoms with Crippen molar-refractivity contribution in [3.63, 3.8) is 0 Å². The molecule has 8 nitrogen and oxygen atoms in total. The van der Waals surface area contributed by atoms with Gasteiger partial charge in [0.1, 0.15) is 41.3 Å². The van der Waals surface area contributed by atoms with Crippen molar-refractivity contribution >= 4 is 37.3 Å². The number of nitrogens with two attached hydrogens (primary N) is 1. The molecular weight excluding hydrogens is 641 g/mol. The molecule has 3 aliphatic heterocycles. The van der Waals surface area contributed by atoms with Gasteiger partial charge in [-0.2, -0.15) is 28.4 Å². The van der Waals surface area contributed by atoms with Gasteiger partial charge in [-0.25, -0.2) is 17.6 Å². The SMILES string of the molecule is N#Cc1c(N)sc2c(F)ccc(-c3c(C(F)(F)F)cc4c(OC5CNCC5F)nc(OCC56CCCN5CC(F)C6)nc4c3F)c12. The fraction of sp³-hybridized carbons (Fsp3) is 0.433. The summed E-state index contributed by atoms with van der Waals surface area (Å²) < 4.78 is 116. The van der Waals surface area contributed by atoms with Gasteiger partial charge in [0, 0.05) is 37.0 Å². The maximum Gasteiger partial charge on any atom is 0.417 e. The van der Waals surface area contributed by atoms with Crippen molar-refractivity contribution in [1.82, 2.24) is 20.2 Å². The maximum atomic E-state index is 16.7. The fourth-order valence-electron chi connectivity index (χ4n) is 6.86. The lowest BCUT2D eigenvalue weighted by Crippen LogP contribution is -2.43. The van der Waals surface area contributed by atoms with Crippen LogP contribution in [0.25, 0.3) is 32.1 Å². The lowest BCUT2D eigenvalue weighted by molar-refractivity contribution is -0.137. The molecule has 0 amide bonds. The van der Waals surface area contributed by atoms with E-state index in [-0.39, 0.29) is 53.3 Å². The quantitative estimate of drug-likeness (QED) is 0.245. The maximum absolute atomic E-state index is 16.7. The number of benzene rings is 2. The zero-order valence-corrected chi connectivity index (χ0v) is 24.7. The number of ether oxygens (including phenoxy) is 2. The Morgan fingerprint density at radius 2 is 2.00 bits per heavy atom. The Morgan fingerprint density at radius 1 is 1.20 bits per heavy atom. The van der Waals surface area contributed by atoms with Gasteiger partial charge in [0.2, 0.25) is 5.88 Å². The zero-order chi connectivity index (χ0) is 32.5. The molecular formula is C30H25F7N6O2S. The Bertz CT molecular complexity index is 1910. The van der Waals surface area contributed by atoms with Crippen LogP contribution in [0, 0.1) is 23.0 Å². The van der Waals surface area contributed by atoms with Crippen molar-refractivity contribution in [2.75, 3.05) is 38.5 Å². The second-order valence-corrected chi connectivity index (χ2v) is 12.8. The molecule has 2 aromatic carbocycles. The molecule has 16 heteroatoms. The van der Waals surface area contributed by atoms with Gasteiger partial charge in [-0.15, -0.1) is 11.3 Å². The molecule has 2 aromatic heterocycles. The lowest BCUT2D eigenvalue weighted by Gasteiger charge is -2.30. The molecule has 7 rings (SSSR count). The van der Waals surface area contributed by atoms with E-state index in [1.165, 1.54) is 0 Å². The summed E-state index contributed by atoms with van der Waals surface area (Å²) in [7, 11) is 0. The number of nitrogens with zero attached hydrogens (tertiary/aromatic N) is 4. The molecule has 0 aliphatic carbocycles. The Balaban J connectivity index is 1.44. The molecule has 3 fully saturated rings. The highest BCUT2D eigenvalue weighted by Gasteiger charge is 2.49. The second kappa shape index (κ2) is 11.1. The first-order valence-electron chi connectivity index (χ1n) is 14.5. The summed E-state index contributed by atoms with van der Waals surface area (Å²) in [5, 5.41) is 11.6. The molecule has 4 unspecified atom stereocenters. The Labute approximate surface area is 260 Å². The average molecular weight is 667 g/mol. The van der Waals surface area contributed by atoms with Crippen LogP contribution in [0.5, 0.6) is 11.9 Å². The highest BCUT2D eigenvalue weighted by Crippen LogP contribution is 2.48. The van der Waals surface area contributed by atoms with Gasteiger partial charge in [0.25, 0.3) is 0 Å². The van der Waals surface area contributed by atoms with Gasteiger partial charge in [-0.1, -0.05) is 6.07 Å². The molecule has 4 atom stereocenters. The van der Waals surface area contributed by atoms with Gasteiger partial charge in [-0.3, -0.25) is 4.90 Å². The Morgan fingerprint density at radius 3 is 2.72 bits per heavy atom. The van der Waals surface area contributed by atoms with E-state index in [1.807, 2.05) is 4.90 Å². The van der Waals surface area contributed by atoms with Crippen LogP contribution in [0.2, 0.25) is 0 Å². The minimum Gasteiger partial charge on any atom is -0.469 e. The number of alkyl halides is 5. The highest BCUT2D eigenvalue weighted by atomic mass is 32.1. The third-order valence-electron chi connectivity index (χ3n) is 8.96. The van der Waals surface area contributed by atoms with Crippen LogP contribution in [0.15, 0.2) is 18.2 Å². The first-order chi connectivity index (χ1) is 21.9. The summed E-state index contributed by atoms with van der Waals surface area (Å²) >= 11 is 0.649. The van der Waals surface area contributed by atoms with Crippen LogP contribution >= 0.6 is 11.3 Å². The van der Waals surface area contributed by atoms with E-state index >= 15 is 4.39 Å². The van der Waals surface area contributed by atoms with Crippen molar-refractivity contribution < 1.29 is 40.2 Å². The number of rotatable bonds is 6. The van der Waals surface area contributed by atoms with Gasteiger partial charge in [0.05, 0.1) is 26.8 Å². The number of thiophene rings is 1. The van der Waals surface area contributed by atoms with Crippen LogP contribution < -0.4 is 20.5 Å². The minimum absolute atomic E-state index is 0.00951. The fourth-order valence-corrected chi connectivity index (χ4v) is 7.81. The molecule has 5 heterocycles. The van der Waals surface area contributed by atoms with Crippen LogP contribution in [-0.2, 0) is 6.18 Å². The van der Waals surface area contributed by atoms with E-state index in [4.69, 9.17) is 15.2 Å². The van der Waals surface area contributed by atoms with Crippen molar-refractivity contribution in [3.8, 4) is 29.1 Å². The number of aromatic nitrogens is 2. The number of hydrogen-bond donors (Lipinski definition) is 2. The summed E-state index contributed by atoms with van der Waals surface area (Å²) in [5.74, 6) is -2.87. The number of hydrogen-bond acceptors (Lipinski definition) is 9. The summed E-state index contributed by atoms with van der Waals surface area (Å²) in [5.41, 5.74) is 1.37. The number of nitrogen functional groups attached to an aromatic ring is 1. The lowest BCUT2D eigenvalue weighted by atomic mass is 9.92. The molecule has 3 aliphatic rings. The molecule has 3 N–H and O–H groups in total. The highest BCUT2D eigenvalue weighted by molar-refractivity contribution is 7.23. The third kappa shape index (κ3) is 4.96. The zero-order valence-electron chi connectivity index (χ0n) is 23.9. The Hall–Kier alpha value is -3.94. The molecule has 46 heavy (non-hydrogen) atoms. The summed E-state index contributed by atoms with van der Waals surface area (Å²) in [6, 6.07) is 3.71. The van der Waals surface area contributed by atoms with Gasteiger partial charge < -0.3 is 20.5 Å². The molecule has 0 radical (unpaired) electrons. The average Bonchev–Trinajstić information content (AvgIpc) is 3.74. The molecule has 0 spiro atoms. The van der Waals surface area contributed by atoms with E-state index in [1.54, 1.807) is 6.07 Å². The van der Waals surface area contributed by atoms with E-state index in [0.29, 0.717) is 30.4 Å². The smallest absolute Gasteiger partial charge is 0.417 e. The Kier molecular flexibility index (Phi) is 7.41. The summed E-state index contributed by atoms with van der Waals surface area (Å²) in [6.45, 7) is 0.742. The van der Waals surface area contributed by atoms with E-state index < -0.39 is 81.3 Å². The standard InChI is InChI=1S/C30H25F7N6O2S/c31-13-7-29(4-1-5-43(29)11-13)12-44-28-41-24-15(27(42-28)45-20-10-40-9-19(20)33)6-17(30(35,36)37)22(23(24)34)14-2-3-18(32)25-21(14)16(8-38)26(39)46-25/h2-3,6,13,19-20,40H,1,4-5,7,9-12,39H2. The van der Waals surface area contributed by atoms with Gasteiger partial charge in [0.15, 0.2) is 12.0 Å². The van der Waals surface area contributed by atoms with Crippen molar-refractivity contribution in [2.24, 2.45) is 0 Å². The monoisotopic (exact) mass is 666 g/mol. The molecule has 3 saturated heterocycles. The van der Waals surface area contributed by atoms with Gasteiger partial charge in [-0.05, 0) is 37.1 Å². The van der Waals surface area contributed by atoms with Crippen LogP contribution in [0.1, 0.15) is 30.4 Å². The summed E-state index contributed by atoms with van der Waals surface area (Å²) in [6.07, 6.45) is -7.31. The predicted octanol–water partition coefficient (Wildman–Crippen LogP) is 5.91. The van der Waals surface area contributed by atoms with E-state index in [9.17, 15) is 31.6 Å². The molecule has 242 valence electrons. The normalized spacial score (nSPS) is 25.0. The van der Waals surface area contributed by atoms with Crippen molar-refractivity contribution in [3.05, 3.63) is 41.0 Å². The van der Waals surface area contributed by atoms with Crippen molar-refractivity contribution in [1.29, 1.82) is 5.26 Å².